The fourth-order valence-corrected chi connectivity index (χ4v) is 3.13. The zero-order chi connectivity index (χ0) is 21.7. The third kappa shape index (κ3) is 4.93. The Morgan fingerprint density at radius 1 is 1.20 bits per heavy atom. The molecule has 0 unspecified atom stereocenters. The number of hydrogen-bond donors (Lipinski definition) is 2. The summed E-state index contributed by atoms with van der Waals surface area (Å²) in [5, 5.41) is 10.1. The van der Waals surface area contributed by atoms with Gasteiger partial charge in [0, 0.05) is 29.4 Å². The van der Waals surface area contributed by atoms with Gasteiger partial charge < -0.3 is 10.6 Å². The number of benzene rings is 2. The topological polar surface area (TPSA) is 76.0 Å². The Hall–Kier alpha value is -3.45. The standard InChI is InChI=1S/C22H20ClFN4O2/c1-3-25-22(30)15-5-4-6-17(13-15)26-20(29)12-11-19-14(2)27-28(21(19)23)18-9-7-16(24)8-10-18/h4-13H,3H2,1-2H3,(H,25,30)(H,26,29)/b12-11+. The van der Waals surface area contributed by atoms with Gasteiger partial charge in [0.15, 0.2) is 0 Å². The summed E-state index contributed by atoms with van der Waals surface area (Å²) in [4.78, 5) is 24.2. The van der Waals surface area contributed by atoms with Crippen LogP contribution in [0.25, 0.3) is 11.8 Å². The van der Waals surface area contributed by atoms with E-state index in [4.69, 9.17) is 11.6 Å². The van der Waals surface area contributed by atoms with Gasteiger partial charge in [-0.05, 0) is 62.4 Å². The van der Waals surface area contributed by atoms with E-state index in [-0.39, 0.29) is 17.6 Å². The van der Waals surface area contributed by atoms with Crippen LogP contribution in [0.2, 0.25) is 5.15 Å². The van der Waals surface area contributed by atoms with E-state index in [0.29, 0.717) is 39.9 Å². The van der Waals surface area contributed by atoms with E-state index in [1.54, 1.807) is 49.4 Å². The van der Waals surface area contributed by atoms with Gasteiger partial charge in [0.2, 0.25) is 5.91 Å². The molecule has 0 bridgehead atoms. The highest BCUT2D eigenvalue weighted by molar-refractivity contribution is 6.31. The molecule has 0 aliphatic rings. The number of halogens is 2. The molecule has 0 aliphatic heterocycles. The van der Waals surface area contributed by atoms with Crippen LogP contribution in [0.3, 0.4) is 0 Å². The maximum atomic E-state index is 13.1. The van der Waals surface area contributed by atoms with Crippen LogP contribution >= 0.6 is 11.6 Å². The summed E-state index contributed by atoms with van der Waals surface area (Å²) < 4.78 is 14.6. The minimum Gasteiger partial charge on any atom is -0.352 e. The zero-order valence-electron chi connectivity index (χ0n) is 16.4. The summed E-state index contributed by atoms with van der Waals surface area (Å²) in [6.07, 6.45) is 2.90. The predicted octanol–water partition coefficient (Wildman–Crippen LogP) is 4.37. The SMILES string of the molecule is CCNC(=O)c1cccc(NC(=O)/C=C/c2c(C)nn(-c3ccc(F)cc3)c2Cl)c1. The minimum atomic E-state index is -0.381. The average Bonchev–Trinajstić information content (AvgIpc) is 3.01. The van der Waals surface area contributed by atoms with Crippen molar-refractivity contribution in [1.29, 1.82) is 0 Å². The van der Waals surface area contributed by atoms with E-state index in [9.17, 15) is 14.0 Å². The van der Waals surface area contributed by atoms with Crippen molar-refractivity contribution in [1.82, 2.24) is 15.1 Å². The third-order valence-corrected chi connectivity index (χ3v) is 4.61. The molecule has 3 rings (SSSR count). The van der Waals surface area contributed by atoms with Crippen LogP contribution in [-0.4, -0.2) is 28.1 Å². The molecule has 8 heteroatoms. The van der Waals surface area contributed by atoms with Gasteiger partial charge >= 0.3 is 0 Å². The van der Waals surface area contributed by atoms with E-state index in [0.717, 1.165) is 0 Å². The molecule has 1 aromatic heterocycles. The number of aryl methyl sites for hydroxylation is 1. The van der Waals surface area contributed by atoms with Gasteiger partial charge in [-0.15, -0.1) is 0 Å². The number of aromatic nitrogens is 2. The van der Waals surface area contributed by atoms with Crippen molar-refractivity contribution in [3.05, 3.63) is 82.4 Å². The predicted molar refractivity (Wildman–Crippen MR) is 115 cm³/mol. The Kier molecular flexibility index (Phi) is 6.64. The molecular formula is C22H20ClFN4O2. The molecule has 0 saturated heterocycles. The van der Waals surface area contributed by atoms with Crippen molar-refractivity contribution in [2.75, 3.05) is 11.9 Å². The van der Waals surface area contributed by atoms with Gasteiger partial charge in [-0.3, -0.25) is 9.59 Å². The van der Waals surface area contributed by atoms with E-state index >= 15 is 0 Å². The third-order valence-electron chi connectivity index (χ3n) is 4.25. The molecule has 6 nitrogen and oxygen atoms in total. The highest BCUT2D eigenvalue weighted by atomic mass is 35.5. The highest BCUT2D eigenvalue weighted by Crippen LogP contribution is 2.25. The smallest absolute Gasteiger partial charge is 0.251 e. The molecule has 1 heterocycles. The minimum absolute atomic E-state index is 0.209. The molecule has 0 saturated carbocycles. The molecule has 3 aromatic rings. The number of carbonyl (C=O) groups excluding carboxylic acids is 2. The van der Waals surface area contributed by atoms with Crippen LogP contribution in [0.5, 0.6) is 0 Å². The largest absolute Gasteiger partial charge is 0.352 e. The molecule has 2 N–H and O–H groups in total. The lowest BCUT2D eigenvalue weighted by atomic mass is 10.2. The van der Waals surface area contributed by atoms with Crippen molar-refractivity contribution < 1.29 is 14.0 Å². The molecule has 2 amide bonds. The van der Waals surface area contributed by atoms with E-state index in [1.165, 1.54) is 22.9 Å². The van der Waals surface area contributed by atoms with Gasteiger partial charge in [0.1, 0.15) is 11.0 Å². The summed E-state index contributed by atoms with van der Waals surface area (Å²) in [7, 11) is 0. The second kappa shape index (κ2) is 9.37. The molecular weight excluding hydrogens is 407 g/mol. The van der Waals surface area contributed by atoms with Crippen LogP contribution in [0, 0.1) is 12.7 Å². The van der Waals surface area contributed by atoms with Crippen LogP contribution in [0.1, 0.15) is 28.5 Å². The lowest BCUT2D eigenvalue weighted by Gasteiger charge is -2.06. The quantitative estimate of drug-likeness (QED) is 0.574. The molecule has 154 valence electrons. The Morgan fingerprint density at radius 3 is 2.63 bits per heavy atom. The number of amides is 2. The van der Waals surface area contributed by atoms with Gasteiger partial charge in [0.25, 0.3) is 5.91 Å². The number of anilines is 1. The first-order valence-electron chi connectivity index (χ1n) is 9.27. The summed E-state index contributed by atoms with van der Waals surface area (Å²) in [6, 6.07) is 12.4. The zero-order valence-corrected chi connectivity index (χ0v) is 17.2. The monoisotopic (exact) mass is 426 g/mol. The summed E-state index contributed by atoms with van der Waals surface area (Å²) in [6.45, 7) is 4.11. The molecule has 2 aromatic carbocycles. The number of nitrogens with one attached hydrogen (secondary N) is 2. The Morgan fingerprint density at radius 2 is 1.93 bits per heavy atom. The van der Waals surface area contributed by atoms with Crippen molar-refractivity contribution in [3.8, 4) is 5.69 Å². The fraction of sp³-hybridized carbons (Fsp3) is 0.136. The number of carbonyl (C=O) groups is 2. The van der Waals surface area contributed by atoms with Gasteiger partial charge in [0.05, 0.1) is 11.4 Å². The number of hydrogen-bond acceptors (Lipinski definition) is 3. The molecule has 0 radical (unpaired) electrons. The van der Waals surface area contributed by atoms with Crippen LogP contribution < -0.4 is 10.6 Å². The van der Waals surface area contributed by atoms with Crippen molar-refractivity contribution in [2.24, 2.45) is 0 Å². The maximum Gasteiger partial charge on any atom is 0.251 e. The second-order valence-electron chi connectivity index (χ2n) is 6.44. The lowest BCUT2D eigenvalue weighted by molar-refractivity contribution is -0.111. The highest BCUT2D eigenvalue weighted by Gasteiger charge is 2.13. The van der Waals surface area contributed by atoms with Gasteiger partial charge in [-0.2, -0.15) is 5.10 Å². The normalized spacial score (nSPS) is 10.9. The van der Waals surface area contributed by atoms with E-state index in [1.807, 2.05) is 6.92 Å². The first-order chi connectivity index (χ1) is 14.4. The van der Waals surface area contributed by atoms with Crippen LogP contribution in [0.15, 0.2) is 54.6 Å². The maximum absolute atomic E-state index is 13.1. The van der Waals surface area contributed by atoms with Crippen LogP contribution in [-0.2, 0) is 4.79 Å². The fourth-order valence-electron chi connectivity index (χ4n) is 2.80. The first-order valence-corrected chi connectivity index (χ1v) is 9.65. The molecule has 0 atom stereocenters. The lowest BCUT2D eigenvalue weighted by Crippen LogP contribution is -2.22. The Labute approximate surface area is 178 Å². The van der Waals surface area contributed by atoms with E-state index < -0.39 is 0 Å². The number of rotatable bonds is 6. The van der Waals surface area contributed by atoms with Crippen molar-refractivity contribution >= 4 is 35.2 Å². The van der Waals surface area contributed by atoms with Gasteiger partial charge in [-0.1, -0.05) is 17.7 Å². The summed E-state index contributed by atoms with van der Waals surface area (Å²) in [5.41, 5.74) is 2.76. The molecule has 0 fully saturated rings. The summed E-state index contributed by atoms with van der Waals surface area (Å²) in [5.74, 6) is -0.945. The molecule has 0 spiro atoms. The first kappa shape index (κ1) is 21.3. The van der Waals surface area contributed by atoms with Crippen LogP contribution in [0.4, 0.5) is 10.1 Å². The second-order valence-corrected chi connectivity index (χ2v) is 6.80. The summed E-state index contributed by atoms with van der Waals surface area (Å²) >= 11 is 6.41. The Balaban J connectivity index is 1.75. The average molecular weight is 427 g/mol. The molecule has 0 aliphatic carbocycles. The van der Waals surface area contributed by atoms with Crippen molar-refractivity contribution in [2.45, 2.75) is 13.8 Å². The number of nitrogens with zero attached hydrogens (tertiary/aromatic N) is 2. The van der Waals surface area contributed by atoms with Gasteiger partial charge in [-0.25, -0.2) is 9.07 Å². The molecule has 30 heavy (non-hydrogen) atoms. The Bertz CT molecular complexity index is 1110. The van der Waals surface area contributed by atoms with Crippen molar-refractivity contribution in [3.63, 3.8) is 0 Å². The van der Waals surface area contributed by atoms with E-state index in [2.05, 4.69) is 15.7 Å².